The minimum Gasteiger partial charge on any atom is -0.353 e. The lowest BCUT2D eigenvalue weighted by Crippen LogP contribution is -2.38. The van der Waals surface area contributed by atoms with Gasteiger partial charge in [0.15, 0.2) is 0 Å². The Hall–Kier alpha value is -1.84. The number of nitrogens with one attached hydrogen (secondary N) is 1. The monoisotopic (exact) mass is 260 g/mol. The van der Waals surface area contributed by atoms with Gasteiger partial charge < -0.3 is 10.2 Å². The van der Waals surface area contributed by atoms with E-state index < -0.39 is 0 Å². The molecule has 1 aromatic carbocycles. The molecule has 0 bridgehead atoms. The predicted molar refractivity (Wildman–Crippen MR) is 74.8 cm³/mol. The number of rotatable bonds is 4. The van der Waals surface area contributed by atoms with Crippen LogP contribution in [0.4, 0.5) is 5.69 Å². The van der Waals surface area contributed by atoms with Gasteiger partial charge in [0.2, 0.25) is 11.8 Å². The van der Waals surface area contributed by atoms with Crippen molar-refractivity contribution in [1.29, 1.82) is 0 Å². The van der Waals surface area contributed by atoms with Gasteiger partial charge in [0.25, 0.3) is 0 Å². The van der Waals surface area contributed by atoms with Crippen molar-refractivity contribution in [3.05, 3.63) is 30.3 Å². The van der Waals surface area contributed by atoms with Gasteiger partial charge >= 0.3 is 0 Å². The van der Waals surface area contributed by atoms with Crippen LogP contribution in [-0.4, -0.2) is 24.4 Å². The van der Waals surface area contributed by atoms with Crippen LogP contribution in [0.2, 0.25) is 0 Å². The average Bonchev–Trinajstić information content (AvgIpc) is 2.82. The first-order valence-electron chi connectivity index (χ1n) is 6.77. The molecule has 102 valence electrons. The molecule has 1 aliphatic heterocycles. The van der Waals surface area contributed by atoms with E-state index in [1.54, 1.807) is 4.90 Å². The quantitative estimate of drug-likeness (QED) is 0.899. The van der Waals surface area contributed by atoms with Crippen LogP contribution in [0.25, 0.3) is 0 Å². The highest BCUT2D eigenvalue weighted by Gasteiger charge is 2.35. The summed E-state index contributed by atoms with van der Waals surface area (Å²) in [5.41, 5.74) is 0.867. The fraction of sp³-hybridized carbons (Fsp3) is 0.467. The summed E-state index contributed by atoms with van der Waals surface area (Å²) in [7, 11) is 0. The van der Waals surface area contributed by atoms with Crippen LogP contribution in [0.1, 0.15) is 26.7 Å². The van der Waals surface area contributed by atoms with E-state index in [9.17, 15) is 9.59 Å². The predicted octanol–water partition coefficient (Wildman–Crippen LogP) is 1.95. The van der Waals surface area contributed by atoms with Crippen molar-refractivity contribution in [1.82, 2.24) is 5.32 Å². The third kappa shape index (κ3) is 3.13. The van der Waals surface area contributed by atoms with Crippen LogP contribution in [0, 0.1) is 5.92 Å². The number of benzene rings is 1. The largest absolute Gasteiger partial charge is 0.353 e. The second kappa shape index (κ2) is 5.87. The van der Waals surface area contributed by atoms with Crippen LogP contribution in [0.5, 0.6) is 0 Å². The minimum absolute atomic E-state index is 0.0128. The number of para-hydroxylation sites is 1. The Kier molecular flexibility index (Phi) is 4.20. The molecule has 19 heavy (non-hydrogen) atoms. The summed E-state index contributed by atoms with van der Waals surface area (Å²) in [6.45, 7) is 4.48. The number of hydrogen-bond donors (Lipinski definition) is 1. The summed E-state index contributed by atoms with van der Waals surface area (Å²) in [4.78, 5) is 25.7. The van der Waals surface area contributed by atoms with Gasteiger partial charge in [-0.3, -0.25) is 9.59 Å². The first-order chi connectivity index (χ1) is 9.11. The van der Waals surface area contributed by atoms with E-state index in [0.29, 0.717) is 13.0 Å². The molecule has 4 heteroatoms. The number of anilines is 1. The number of hydrogen-bond acceptors (Lipinski definition) is 2. The number of amides is 2. The molecule has 0 aromatic heterocycles. The SMILES string of the molecule is CC[C@H](C)NC(=O)[C@@H]1CC(=O)N(c2ccccc2)C1. The zero-order valence-corrected chi connectivity index (χ0v) is 11.4. The lowest BCUT2D eigenvalue weighted by molar-refractivity contribution is -0.126. The average molecular weight is 260 g/mol. The highest BCUT2D eigenvalue weighted by molar-refractivity contribution is 6.00. The fourth-order valence-corrected chi connectivity index (χ4v) is 2.20. The van der Waals surface area contributed by atoms with E-state index in [1.807, 2.05) is 44.2 Å². The third-order valence-electron chi connectivity index (χ3n) is 3.56. The topological polar surface area (TPSA) is 49.4 Å². The van der Waals surface area contributed by atoms with Crippen molar-refractivity contribution < 1.29 is 9.59 Å². The van der Waals surface area contributed by atoms with Crippen molar-refractivity contribution in [2.24, 2.45) is 5.92 Å². The zero-order chi connectivity index (χ0) is 13.8. The van der Waals surface area contributed by atoms with Crippen LogP contribution in [0.15, 0.2) is 30.3 Å². The Morgan fingerprint density at radius 1 is 1.42 bits per heavy atom. The Labute approximate surface area is 113 Å². The molecular formula is C15H20N2O2. The van der Waals surface area contributed by atoms with Gasteiger partial charge in [-0.1, -0.05) is 25.1 Å². The van der Waals surface area contributed by atoms with Crippen LogP contribution in [0.3, 0.4) is 0 Å². The molecule has 1 saturated heterocycles. The number of carbonyl (C=O) groups is 2. The van der Waals surface area contributed by atoms with Crippen molar-refractivity contribution in [2.75, 3.05) is 11.4 Å². The number of carbonyl (C=O) groups excluding carboxylic acids is 2. The maximum Gasteiger partial charge on any atom is 0.227 e. The molecule has 0 spiro atoms. The lowest BCUT2D eigenvalue weighted by Gasteiger charge is -2.17. The molecule has 1 aliphatic rings. The van der Waals surface area contributed by atoms with Gasteiger partial charge in [0.05, 0.1) is 5.92 Å². The van der Waals surface area contributed by atoms with E-state index in [0.717, 1.165) is 12.1 Å². The molecule has 0 unspecified atom stereocenters. The molecule has 1 aromatic rings. The lowest BCUT2D eigenvalue weighted by atomic mass is 10.1. The van der Waals surface area contributed by atoms with E-state index in [-0.39, 0.29) is 23.8 Å². The molecule has 1 fully saturated rings. The molecule has 1 heterocycles. The second-order valence-electron chi connectivity index (χ2n) is 5.06. The maximum absolute atomic E-state index is 12.0. The molecule has 1 N–H and O–H groups in total. The Morgan fingerprint density at radius 2 is 2.11 bits per heavy atom. The summed E-state index contributed by atoms with van der Waals surface area (Å²) in [5, 5.41) is 2.95. The highest BCUT2D eigenvalue weighted by atomic mass is 16.2. The van der Waals surface area contributed by atoms with Gasteiger partial charge in [-0.25, -0.2) is 0 Å². The molecule has 4 nitrogen and oxygen atoms in total. The summed E-state index contributed by atoms with van der Waals surface area (Å²) in [6, 6.07) is 9.66. The van der Waals surface area contributed by atoms with Gasteiger partial charge in [-0.05, 0) is 25.5 Å². The first-order valence-corrected chi connectivity index (χ1v) is 6.77. The van der Waals surface area contributed by atoms with E-state index >= 15 is 0 Å². The Balaban J connectivity index is 2.02. The Bertz CT molecular complexity index is 458. The normalized spacial score (nSPS) is 20.4. The van der Waals surface area contributed by atoms with Crippen LogP contribution < -0.4 is 10.2 Å². The van der Waals surface area contributed by atoms with E-state index in [2.05, 4.69) is 5.32 Å². The van der Waals surface area contributed by atoms with Crippen LogP contribution in [-0.2, 0) is 9.59 Å². The maximum atomic E-state index is 12.0. The van der Waals surface area contributed by atoms with E-state index in [4.69, 9.17) is 0 Å². The van der Waals surface area contributed by atoms with Gasteiger partial charge in [-0.2, -0.15) is 0 Å². The van der Waals surface area contributed by atoms with Crippen molar-refractivity contribution >= 4 is 17.5 Å². The summed E-state index contributed by atoms with van der Waals surface area (Å²) >= 11 is 0. The summed E-state index contributed by atoms with van der Waals surface area (Å²) in [6.07, 6.45) is 1.20. The zero-order valence-electron chi connectivity index (χ0n) is 11.4. The smallest absolute Gasteiger partial charge is 0.227 e. The molecule has 0 aliphatic carbocycles. The fourth-order valence-electron chi connectivity index (χ4n) is 2.20. The minimum atomic E-state index is -0.235. The van der Waals surface area contributed by atoms with E-state index in [1.165, 1.54) is 0 Å². The van der Waals surface area contributed by atoms with Crippen molar-refractivity contribution in [3.63, 3.8) is 0 Å². The molecule has 2 rings (SSSR count). The molecule has 0 saturated carbocycles. The van der Waals surface area contributed by atoms with Crippen molar-refractivity contribution in [2.45, 2.75) is 32.7 Å². The third-order valence-corrected chi connectivity index (χ3v) is 3.56. The highest BCUT2D eigenvalue weighted by Crippen LogP contribution is 2.24. The second-order valence-corrected chi connectivity index (χ2v) is 5.06. The van der Waals surface area contributed by atoms with Gasteiger partial charge in [0.1, 0.15) is 0 Å². The summed E-state index contributed by atoms with van der Waals surface area (Å²) in [5.74, 6) is -0.224. The molecule has 2 amide bonds. The molecule has 0 radical (unpaired) electrons. The molecular weight excluding hydrogens is 240 g/mol. The first kappa shape index (κ1) is 13.6. The standard InChI is InChI=1S/C15H20N2O2/c1-3-11(2)16-15(19)12-9-14(18)17(10-12)13-7-5-4-6-8-13/h4-8,11-12H,3,9-10H2,1-2H3,(H,16,19)/t11-,12+/m0/s1. The van der Waals surface area contributed by atoms with Crippen molar-refractivity contribution in [3.8, 4) is 0 Å². The molecule has 2 atom stereocenters. The van der Waals surface area contributed by atoms with Gasteiger partial charge in [-0.15, -0.1) is 0 Å². The number of nitrogens with zero attached hydrogens (tertiary/aromatic N) is 1. The van der Waals surface area contributed by atoms with Crippen LogP contribution >= 0.6 is 0 Å². The summed E-state index contributed by atoms with van der Waals surface area (Å²) < 4.78 is 0. The Morgan fingerprint density at radius 3 is 2.74 bits per heavy atom. The van der Waals surface area contributed by atoms with Gasteiger partial charge in [0, 0.05) is 24.7 Å².